The number of halogens is 1. The SMILES string of the molecule is Cc1ccc(C)c(-c2nc(Nc3ccc(F)cc3)sc2C)c1. The molecule has 2 nitrogen and oxygen atoms in total. The van der Waals surface area contributed by atoms with E-state index in [-0.39, 0.29) is 5.82 Å². The number of aromatic nitrogens is 1. The second-order valence-corrected chi connectivity index (χ2v) is 6.58. The van der Waals surface area contributed by atoms with E-state index >= 15 is 0 Å². The largest absolute Gasteiger partial charge is 0.332 e. The van der Waals surface area contributed by atoms with Gasteiger partial charge in [-0.15, -0.1) is 11.3 Å². The second-order valence-electron chi connectivity index (χ2n) is 5.37. The fraction of sp³-hybridized carbons (Fsp3) is 0.167. The van der Waals surface area contributed by atoms with Crippen LogP contribution in [0, 0.1) is 26.6 Å². The lowest BCUT2D eigenvalue weighted by atomic mass is 10.0. The Bertz CT molecular complexity index is 806. The minimum absolute atomic E-state index is 0.239. The zero-order chi connectivity index (χ0) is 15.7. The molecule has 0 unspecified atom stereocenters. The van der Waals surface area contributed by atoms with Crippen LogP contribution in [0.15, 0.2) is 42.5 Å². The third kappa shape index (κ3) is 3.02. The fourth-order valence-corrected chi connectivity index (χ4v) is 3.20. The van der Waals surface area contributed by atoms with Crippen LogP contribution in [-0.4, -0.2) is 4.98 Å². The van der Waals surface area contributed by atoms with Crippen LogP contribution in [0.1, 0.15) is 16.0 Å². The average molecular weight is 312 g/mol. The molecule has 0 radical (unpaired) electrons. The molecule has 0 aliphatic carbocycles. The summed E-state index contributed by atoms with van der Waals surface area (Å²) < 4.78 is 13.0. The van der Waals surface area contributed by atoms with Crippen molar-refractivity contribution in [2.75, 3.05) is 5.32 Å². The van der Waals surface area contributed by atoms with Crippen molar-refractivity contribution in [3.8, 4) is 11.3 Å². The maximum Gasteiger partial charge on any atom is 0.187 e. The number of rotatable bonds is 3. The number of thiazole rings is 1. The Morgan fingerprint density at radius 3 is 2.45 bits per heavy atom. The highest BCUT2D eigenvalue weighted by molar-refractivity contribution is 7.16. The molecule has 3 aromatic rings. The molecule has 1 heterocycles. The van der Waals surface area contributed by atoms with Crippen molar-refractivity contribution in [2.45, 2.75) is 20.8 Å². The van der Waals surface area contributed by atoms with E-state index in [1.54, 1.807) is 23.5 Å². The van der Waals surface area contributed by atoms with Gasteiger partial charge in [0.1, 0.15) is 5.82 Å². The quantitative estimate of drug-likeness (QED) is 0.679. The number of anilines is 2. The first-order valence-electron chi connectivity index (χ1n) is 7.10. The monoisotopic (exact) mass is 312 g/mol. The third-order valence-corrected chi connectivity index (χ3v) is 4.43. The topological polar surface area (TPSA) is 24.9 Å². The lowest BCUT2D eigenvalue weighted by molar-refractivity contribution is 0.628. The first-order valence-corrected chi connectivity index (χ1v) is 7.92. The lowest BCUT2D eigenvalue weighted by Crippen LogP contribution is -1.91. The molecule has 1 aromatic heterocycles. The Morgan fingerprint density at radius 1 is 1.00 bits per heavy atom. The average Bonchev–Trinajstić information content (AvgIpc) is 2.84. The van der Waals surface area contributed by atoms with Gasteiger partial charge in [-0.1, -0.05) is 17.7 Å². The molecule has 112 valence electrons. The van der Waals surface area contributed by atoms with E-state index in [9.17, 15) is 4.39 Å². The fourth-order valence-electron chi connectivity index (χ4n) is 2.35. The first-order chi connectivity index (χ1) is 10.5. The Kier molecular flexibility index (Phi) is 3.94. The van der Waals surface area contributed by atoms with Gasteiger partial charge in [-0.2, -0.15) is 0 Å². The third-order valence-electron chi connectivity index (χ3n) is 3.54. The summed E-state index contributed by atoms with van der Waals surface area (Å²) in [6.07, 6.45) is 0. The Hall–Kier alpha value is -2.20. The van der Waals surface area contributed by atoms with Crippen molar-refractivity contribution < 1.29 is 4.39 Å². The van der Waals surface area contributed by atoms with Crippen LogP contribution in [0.4, 0.5) is 15.2 Å². The van der Waals surface area contributed by atoms with Gasteiger partial charge in [-0.05, 0) is 56.7 Å². The van der Waals surface area contributed by atoms with Gasteiger partial charge in [0.25, 0.3) is 0 Å². The highest BCUT2D eigenvalue weighted by Crippen LogP contribution is 2.34. The van der Waals surface area contributed by atoms with E-state index in [1.165, 1.54) is 33.7 Å². The standard InChI is InChI=1S/C18H17FN2S/c1-11-4-5-12(2)16(10-11)17-13(3)22-18(21-17)20-15-8-6-14(19)7-9-15/h4-10H,1-3H3,(H,20,21). The van der Waals surface area contributed by atoms with Crippen LogP contribution in [0.5, 0.6) is 0 Å². The Morgan fingerprint density at radius 2 is 1.73 bits per heavy atom. The maximum absolute atomic E-state index is 13.0. The Labute approximate surface area is 133 Å². The predicted molar refractivity (Wildman–Crippen MR) is 91.4 cm³/mol. The minimum Gasteiger partial charge on any atom is -0.332 e. The molecule has 0 atom stereocenters. The molecule has 3 rings (SSSR count). The van der Waals surface area contributed by atoms with Crippen LogP contribution in [0.2, 0.25) is 0 Å². The van der Waals surface area contributed by atoms with Crippen LogP contribution >= 0.6 is 11.3 Å². The maximum atomic E-state index is 13.0. The van der Waals surface area contributed by atoms with Crippen molar-refractivity contribution in [1.29, 1.82) is 0 Å². The lowest BCUT2D eigenvalue weighted by Gasteiger charge is -2.05. The predicted octanol–water partition coefficient (Wildman–Crippen LogP) is 5.62. The zero-order valence-corrected chi connectivity index (χ0v) is 13.6. The van der Waals surface area contributed by atoms with E-state index in [0.717, 1.165) is 16.5 Å². The summed E-state index contributed by atoms with van der Waals surface area (Å²) in [6, 6.07) is 12.7. The summed E-state index contributed by atoms with van der Waals surface area (Å²) in [5.41, 5.74) is 5.45. The van der Waals surface area contributed by atoms with Crippen LogP contribution < -0.4 is 5.32 Å². The van der Waals surface area contributed by atoms with E-state index in [1.807, 2.05) is 0 Å². The number of nitrogens with zero attached hydrogens (tertiary/aromatic N) is 1. The highest BCUT2D eigenvalue weighted by Gasteiger charge is 2.12. The summed E-state index contributed by atoms with van der Waals surface area (Å²) in [5, 5.41) is 4.06. The molecular formula is C18H17FN2S. The van der Waals surface area contributed by atoms with Gasteiger partial charge in [0.15, 0.2) is 5.13 Å². The number of aryl methyl sites for hydroxylation is 3. The van der Waals surface area contributed by atoms with Crippen molar-refractivity contribution >= 4 is 22.2 Å². The summed E-state index contributed by atoms with van der Waals surface area (Å²) in [5.74, 6) is -0.239. The van der Waals surface area contributed by atoms with Crippen molar-refractivity contribution in [3.05, 3.63) is 64.3 Å². The van der Waals surface area contributed by atoms with Crippen molar-refractivity contribution in [1.82, 2.24) is 4.98 Å². The van der Waals surface area contributed by atoms with Crippen LogP contribution in [0.3, 0.4) is 0 Å². The second kappa shape index (κ2) is 5.89. The molecule has 0 saturated carbocycles. The van der Waals surface area contributed by atoms with E-state index in [0.29, 0.717) is 0 Å². The van der Waals surface area contributed by atoms with E-state index in [2.05, 4.69) is 44.3 Å². The molecule has 2 aromatic carbocycles. The van der Waals surface area contributed by atoms with Gasteiger partial charge in [-0.25, -0.2) is 9.37 Å². The van der Waals surface area contributed by atoms with Gasteiger partial charge >= 0.3 is 0 Å². The number of benzene rings is 2. The summed E-state index contributed by atoms with van der Waals surface area (Å²) in [4.78, 5) is 5.88. The molecule has 0 spiro atoms. The molecule has 0 aliphatic rings. The molecule has 22 heavy (non-hydrogen) atoms. The van der Waals surface area contributed by atoms with E-state index in [4.69, 9.17) is 4.98 Å². The highest BCUT2D eigenvalue weighted by atomic mass is 32.1. The summed E-state index contributed by atoms with van der Waals surface area (Å²) in [6.45, 7) is 6.26. The first kappa shape index (κ1) is 14.7. The molecule has 0 bridgehead atoms. The van der Waals surface area contributed by atoms with Gasteiger partial charge in [0.2, 0.25) is 0 Å². The van der Waals surface area contributed by atoms with Crippen molar-refractivity contribution in [3.63, 3.8) is 0 Å². The van der Waals surface area contributed by atoms with Gasteiger partial charge < -0.3 is 5.32 Å². The molecule has 0 saturated heterocycles. The van der Waals surface area contributed by atoms with Crippen LogP contribution in [0.25, 0.3) is 11.3 Å². The summed E-state index contributed by atoms with van der Waals surface area (Å²) >= 11 is 1.61. The normalized spacial score (nSPS) is 10.7. The van der Waals surface area contributed by atoms with Crippen LogP contribution in [-0.2, 0) is 0 Å². The minimum atomic E-state index is -0.239. The molecule has 4 heteroatoms. The molecule has 0 aliphatic heterocycles. The van der Waals surface area contributed by atoms with Gasteiger partial charge in [0, 0.05) is 16.1 Å². The zero-order valence-electron chi connectivity index (χ0n) is 12.8. The molecule has 0 amide bonds. The number of nitrogens with one attached hydrogen (secondary N) is 1. The number of hydrogen-bond acceptors (Lipinski definition) is 3. The van der Waals surface area contributed by atoms with Crippen molar-refractivity contribution in [2.24, 2.45) is 0 Å². The smallest absolute Gasteiger partial charge is 0.187 e. The summed E-state index contributed by atoms with van der Waals surface area (Å²) in [7, 11) is 0. The van der Waals surface area contributed by atoms with E-state index < -0.39 is 0 Å². The molecular weight excluding hydrogens is 295 g/mol. The molecule has 1 N–H and O–H groups in total. The Balaban J connectivity index is 1.93. The molecule has 0 fully saturated rings. The number of hydrogen-bond donors (Lipinski definition) is 1. The van der Waals surface area contributed by atoms with Gasteiger partial charge in [-0.3, -0.25) is 0 Å². The van der Waals surface area contributed by atoms with Gasteiger partial charge in [0.05, 0.1) is 5.69 Å².